The van der Waals surface area contributed by atoms with E-state index < -0.39 is 0 Å². The van der Waals surface area contributed by atoms with Gasteiger partial charge < -0.3 is 10.1 Å². The summed E-state index contributed by atoms with van der Waals surface area (Å²) in [5, 5.41) is 4.47. The standard InChI is InChI=1S/C17H16N2OS/c1-2-9-15-13(7-1)19-16(21-15)11-20-14-8-3-5-12-6-4-10-18-17(12)14/h1-3,5,7-9,18H,4,6,10-11H2. The molecule has 4 heteroatoms. The van der Waals surface area contributed by atoms with E-state index in [0.717, 1.165) is 34.9 Å². The first kappa shape index (κ1) is 12.7. The molecule has 1 aromatic heterocycles. The highest BCUT2D eigenvalue weighted by atomic mass is 32.1. The third kappa shape index (κ3) is 2.47. The van der Waals surface area contributed by atoms with E-state index in [2.05, 4.69) is 28.5 Å². The SMILES string of the molecule is c1cc2c(c(OCc3nc4ccccc4s3)c1)NCCC2. The maximum absolute atomic E-state index is 6.01. The Kier molecular flexibility index (Phi) is 3.24. The molecule has 3 nitrogen and oxygen atoms in total. The van der Waals surface area contributed by atoms with Crippen LogP contribution in [0.25, 0.3) is 10.2 Å². The van der Waals surface area contributed by atoms with Crippen LogP contribution in [0, 0.1) is 0 Å². The fourth-order valence-corrected chi connectivity index (χ4v) is 3.60. The zero-order chi connectivity index (χ0) is 14.1. The van der Waals surface area contributed by atoms with Gasteiger partial charge in [-0.25, -0.2) is 4.98 Å². The minimum atomic E-state index is 0.525. The van der Waals surface area contributed by atoms with E-state index in [1.54, 1.807) is 11.3 Å². The van der Waals surface area contributed by atoms with Crippen LogP contribution in [-0.2, 0) is 13.0 Å². The molecule has 106 valence electrons. The largest absolute Gasteiger partial charge is 0.484 e. The number of benzene rings is 2. The van der Waals surface area contributed by atoms with Crippen LogP contribution < -0.4 is 10.1 Å². The van der Waals surface area contributed by atoms with Gasteiger partial charge in [-0.2, -0.15) is 0 Å². The van der Waals surface area contributed by atoms with Crippen LogP contribution in [0.1, 0.15) is 17.0 Å². The number of ether oxygens (including phenoxy) is 1. The Morgan fingerprint density at radius 2 is 2.10 bits per heavy atom. The van der Waals surface area contributed by atoms with Gasteiger partial charge >= 0.3 is 0 Å². The quantitative estimate of drug-likeness (QED) is 0.785. The van der Waals surface area contributed by atoms with Crippen LogP contribution in [0.5, 0.6) is 5.75 Å². The lowest BCUT2D eigenvalue weighted by molar-refractivity contribution is 0.306. The average molecular weight is 296 g/mol. The Bertz CT molecular complexity index is 748. The van der Waals surface area contributed by atoms with Gasteiger partial charge in [-0.15, -0.1) is 11.3 Å². The number of para-hydroxylation sites is 2. The molecule has 21 heavy (non-hydrogen) atoms. The summed E-state index contributed by atoms with van der Waals surface area (Å²) in [5.41, 5.74) is 3.56. The Labute approximate surface area is 127 Å². The van der Waals surface area contributed by atoms with Gasteiger partial charge in [0.1, 0.15) is 17.4 Å². The first-order valence-corrected chi connectivity index (χ1v) is 8.05. The summed E-state index contributed by atoms with van der Waals surface area (Å²) < 4.78 is 7.22. The Morgan fingerprint density at radius 3 is 3.05 bits per heavy atom. The fourth-order valence-electron chi connectivity index (χ4n) is 2.72. The summed E-state index contributed by atoms with van der Waals surface area (Å²) in [4.78, 5) is 4.61. The molecule has 1 N–H and O–H groups in total. The predicted octanol–water partition coefficient (Wildman–Crippen LogP) is 4.23. The lowest BCUT2D eigenvalue weighted by Gasteiger charge is -2.20. The lowest BCUT2D eigenvalue weighted by atomic mass is 10.0. The summed E-state index contributed by atoms with van der Waals surface area (Å²) >= 11 is 1.70. The van der Waals surface area contributed by atoms with Gasteiger partial charge in [0.2, 0.25) is 0 Å². The molecular weight excluding hydrogens is 280 g/mol. The maximum atomic E-state index is 6.01. The molecule has 3 aromatic rings. The molecular formula is C17H16N2OS. The van der Waals surface area contributed by atoms with Gasteiger partial charge in [0, 0.05) is 6.54 Å². The first-order valence-electron chi connectivity index (χ1n) is 7.23. The van der Waals surface area contributed by atoms with E-state index in [4.69, 9.17) is 4.74 Å². The van der Waals surface area contributed by atoms with Crippen LogP contribution >= 0.6 is 11.3 Å². The van der Waals surface area contributed by atoms with Crippen LogP contribution in [0.2, 0.25) is 0 Å². The van der Waals surface area contributed by atoms with E-state index in [1.807, 2.05) is 24.3 Å². The van der Waals surface area contributed by atoms with E-state index >= 15 is 0 Å². The highest BCUT2D eigenvalue weighted by Gasteiger charge is 2.13. The van der Waals surface area contributed by atoms with Crippen LogP contribution in [-0.4, -0.2) is 11.5 Å². The number of nitrogens with one attached hydrogen (secondary N) is 1. The van der Waals surface area contributed by atoms with Gasteiger partial charge in [0.15, 0.2) is 0 Å². The van der Waals surface area contributed by atoms with Crippen LogP contribution in [0.15, 0.2) is 42.5 Å². The van der Waals surface area contributed by atoms with Crippen LogP contribution in [0.4, 0.5) is 5.69 Å². The Hall–Kier alpha value is -2.07. The van der Waals surface area contributed by atoms with E-state index in [9.17, 15) is 0 Å². The summed E-state index contributed by atoms with van der Waals surface area (Å²) in [6.07, 6.45) is 2.31. The summed E-state index contributed by atoms with van der Waals surface area (Å²) in [5.74, 6) is 0.937. The Morgan fingerprint density at radius 1 is 1.14 bits per heavy atom. The number of aromatic nitrogens is 1. The topological polar surface area (TPSA) is 34.1 Å². The molecule has 0 spiro atoms. The second kappa shape index (κ2) is 5.37. The molecule has 2 aromatic carbocycles. The number of rotatable bonds is 3. The first-order chi connectivity index (χ1) is 10.4. The molecule has 2 heterocycles. The molecule has 0 saturated carbocycles. The number of anilines is 1. The number of fused-ring (bicyclic) bond motifs is 2. The van der Waals surface area contributed by atoms with Gasteiger partial charge in [0.05, 0.1) is 15.9 Å². The highest BCUT2D eigenvalue weighted by Crippen LogP contribution is 2.33. The molecule has 0 radical (unpaired) electrons. The normalized spacial score (nSPS) is 13.7. The van der Waals surface area contributed by atoms with Crippen molar-refractivity contribution in [1.29, 1.82) is 0 Å². The summed E-state index contributed by atoms with van der Waals surface area (Å²) in [6.45, 7) is 1.55. The van der Waals surface area contributed by atoms with Crippen molar-refractivity contribution in [2.75, 3.05) is 11.9 Å². The number of hydrogen-bond acceptors (Lipinski definition) is 4. The molecule has 4 rings (SSSR count). The van der Waals surface area contributed by atoms with Gasteiger partial charge in [0.25, 0.3) is 0 Å². The molecule has 1 aliphatic heterocycles. The summed E-state index contributed by atoms with van der Waals surface area (Å²) in [7, 11) is 0. The smallest absolute Gasteiger partial charge is 0.143 e. The molecule has 1 aliphatic rings. The number of nitrogens with zero attached hydrogens (tertiary/aromatic N) is 1. The average Bonchev–Trinajstić information content (AvgIpc) is 2.96. The van der Waals surface area contributed by atoms with Crippen molar-refractivity contribution in [1.82, 2.24) is 4.98 Å². The third-order valence-corrected chi connectivity index (χ3v) is 4.74. The van der Waals surface area contributed by atoms with E-state index in [0.29, 0.717) is 6.61 Å². The third-order valence-electron chi connectivity index (χ3n) is 3.73. The van der Waals surface area contributed by atoms with Crippen LogP contribution in [0.3, 0.4) is 0 Å². The number of aryl methyl sites for hydroxylation is 1. The zero-order valence-corrected chi connectivity index (χ0v) is 12.5. The van der Waals surface area contributed by atoms with Crippen molar-refractivity contribution in [3.05, 3.63) is 53.0 Å². The number of hydrogen-bond donors (Lipinski definition) is 1. The second-order valence-electron chi connectivity index (χ2n) is 5.18. The van der Waals surface area contributed by atoms with Gasteiger partial charge in [-0.3, -0.25) is 0 Å². The molecule has 0 aliphatic carbocycles. The van der Waals surface area contributed by atoms with Gasteiger partial charge in [-0.1, -0.05) is 24.3 Å². The molecule has 0 unspecified atom stereocenters. The van der Waals surface area contributed by atoms with Crippen molar-refractivity contribution < 1.29 is 4.74 Å². The lowest BCUT2D eigenvalue weighted by Crippen LogP contribution is -2.13. The molecule has 0 bridgehead atoms. The minimum absolute atomic E-state index is 0.525. The molecule has 0 amide bonds. The number of thiazole rings is 1. The summed E-state index contributed by atoms with van der Waals surface area (Å²) in [6, 6.07) is 14.5. The van der Waals surface area contributed by atoms with Crippen molar-refractivity contribution in [2.24, 2.45) is 0 Å². The Balaban J connectivity index is 1.56. The van der Waals surface area contributed by atoms with E-state index in [-0.39, 0.29) is 0 Å². The van der Waals surface area contributed by atoms with Crippen molar-refractivity contribution in [2.45, 2.75) is 19.4 Å². The van der Waals surface area contributed by atoms with Crippen molar-refractivity contribution in [3.8, 4) is 5.75 Å². The monoisotopic (exact) mass is 296 g/mol. The van der Waals surface area contributed by atoms with Crippen molar-refractivity contribution in [3.63, 3.8) is 0 Å². The predicted molar refractivity (Wildman–Crippen MR) is 87.2 cm³/mol. The highest BCUT2D eigenvalue weighted by molar-refractivity contribution is 7.18. The molecule has 0 fully saturated rings. The van der Waals surface area contributed by atoms with E-state index in [1.165, 1.54) is 16.7 Å². The maximum Gasteiger partial charge on any atom is 0.143 e. The molecule has 0 atom stereocenters. The van der Waals surface area contributed by atoms with Gasteiger partial charge in [-0.05, 0) is 36.6 Å². The molecule has 0 saturated heterocycles. The minimum Gasteiger partial charge on any atom is -0.484 e. The van der Waals surface area contributed by atoms with Crippen molar-refractivity contribution >= 4 is 27.2 Å². The second-order valence-corrected chi connectivity index (χ2v) is 6.30. The fraction of sp³-hybridized carbons (Fsp3) is 0.235. The zero-order valence-electron chi connectivity index (χ0n) is 11.6.